The third kappa shape index (κ3) is 2.62. The zero-order valence-electron chi connectivity index (χ0n) is 12.0. The van der Waals surface area contributed by atoms with Crippen LogP contribution in [0.4, 0.5) is 5.82 Å². The van der Waals surface area contributed by atoms with E-state index in [0.29, 0.717) is 6.54 Å². The van der Waals surface area contributed by atoms with Crippen molar-refractivity contribution >= 4 is 16.6 Å². The van der Waals surface area contributed by atoms with Crippen molar-refractivity contribution in [1.82, 2.24) is 4.98 Å². The van der Waals surface area contributed by atoms with Crippen molar-refractivity contribution in [2.75, 3.05) is 11.4 Å². The van der Waals surface area contributed by atoms with Crippen molar-refractivity contribution in [2.45, 2.75) is 20.1 Å². The van der Waals surface area contributed by atoms with Crippen LogP contribution in [0.5, 0.6) is 0 Å². The van der Waals surface area contributed by atoms with Crippen molar-refractivity contribution in [2.24, 2.45) is 0 Å². The normalized spacial score (nSPS) is 11.0. The van der Waals surface area contributed by atoms with Gasteiger partial charge in [0.25, 0.3) is 0 Å². The van der Waals surface area contributed by atoms with Crippen molar-refractivity contribution in [3.05, 3.63) is 60.2 Å². The van der Waals surface area contributed by atoms with Gasteiger partial charge in [-0.2, -0.15) is 0 Å². The average molecular weight is 282 g/mol. The van der Waals surface area contributed by atoms with Crippen molar-refractivity contribution in [3.8, 4) is 0 Å². The molecule has 0 fully saturated rings. The van der Waals surface area contributed by atoms with Gasteiger partial charge >= 0.3 is 0 Å². The largest absolute Gasteiger partial charge is 0.467 e. The maximum Gasteiger partial charge on any atom is 0.136 e. The predicted molar refractivity (Wildman–Crippen MR) is 83.1 cm³/mol. The molecular weight excluding hydrogens is 264 g/mol. The number of benzene rings is 1. The molecule has 0 unspecified atom stereocenters. The lowest BCUT2D eigenvalue weighted by Gasteiger charge is -2.23. The smallest absolute Gasteiger partial charge is 0.136 e. The molecular formula is C17H18N2O2. The minimum Gasteiger partial charge on any atom is -0.467 e. The summed E-state index contributed by atoms with van der Waals surface area (Å²) in [6.07, 6.45) is 3.44. The molecule has 0 amide bonds. The molecule has 0 saturated heterocycles. The Labute approximate surface area is 123 Å². The Morgan fingerprint density at radius 1 is 1.14 bits per heavy atom. The van der Waals surface area contributed by atoms with E-state index in [1.165, 1.54) is 0 Å². The third-order valence-corrected chi connectivity index (χ3v) is 3.63. The first-order valence-corrected chi connectivity index (χ1v) is 7.08. The molecule has 0 spiro atoms. The number of aliphatic hydroxyl groups excluding tert-OH is 1. The summed E-state index contributed by atoms with van der Waals surface area (Å²) < 4.78 is 5.43. The second-order valence-corrected chi connectivity index (χ2v) is 4.90. The van der Waals surface area contributed by atoms with E-state index >= 15 is 0 Å². The van der Waals surface area contributed by atoms with Gasteiger partial charge in [0.2, 0.25) is 0 Å². The van der Waals surface area contributed by atoms with E-state index in [-0.39, 0.29) is 6.61 Å². The summed E-state index contributed by atoms with van der Waals surface area (Å²) in [5.74, 6) is 1.83. The Morgan fingerprint density at radius 2 is 1.95 bits per heavy atom. The van der Waals surface area contributed by atoms with E-state index < -0.39 is 0 Å². The lowest BCUT2D eigenvalue weighted by molar-refractivity contribution is 0.283. The number of aliphatic hydroxyl groups is 1. The molecule has 21 heavy (non-hydrogen) atoms. The molecule has 4 heteroatoms. The average Bonchev–Trinajstić information content (AvgIpc) is 3.05. The molecule has 2 heterocycles. The zero-order valence-corrected chi connectivity index (χ0v) is 12.0. The van der Waals surface area contributed by atoms with E-state index in [1.807, 2.05) is 36.4 Å². The Bertz CT molecular complexity index is 723. The van der Waals surface area contributed by atoms with E-state index in [1.54, 1.807) is 12.5 Å². The number of aromatic nitrogens is 1. The van der Waals surface area contributed by atoms with Crippen molar-refractivity contribution in [1.29, 1.82) is 0 Å². The highest BCUT2D eigenvalue weighted by molar-refractivity contribution is 5.94. The molecule has 108 valence electrons. The third-order valence-electron chi connectivity index (χ3n) is 3.63. The van der Waals surface area contributed by atoms with Crippen molar-refractivity contribution < 1.29 is 9.52 Å². The summed E-state index contributed by atoms with van der Waals surface area (Å²) in [6.45, 7) is 3.60. The first-order chi connectivity index (χ1) is 10.3. The number of furan rings is 1. The second-order valence-electron chi connectivity index (χ2n) is 4.90. The van der Waals surface area contributed by atoms with Crippen LogP contribution in [0, 0.1) is 0 Å². The molecule has 1 N–H and O–H groups in total. The minimum atomic E-state index is -0.00188. The van der Waals surface area contributed by atoms with Gasteiger partial charge in [-0.15, -0.1) is 0 Å². The highest BCUT2D eigenvalue weighted by Crippen LogP contribution is 2.28. The fraction of sp³-hybridized carbons (Fsp3) is 0.235. The van der Waals surface area contributed by atoms with E-state index in [2.05, 4.69) is 16.8 Å². The number of rotatable bonds is 5. The van der Waals surface area contributed by atoms with Gasteiger partial charge in [-0.25, -0.2) is 4.98 Å². The monoisotopic (exact) mass is 282 g/mol. The minimum absolute atomic E-state index is 0.00188. The van der Waals surface area contributed by atoms with Crippen LogP contribution in [-0.2, 0) is 13.2 Å². The fourth-order valence-electron chi connectivity index (χ4n) is 2.54. The zero-order chi connectivity index (χ0) is 14.7. The van der Waals surface area contributed by atoms with Crippen LogP contribution in [0.25, 0.3) is 10.8 Å². The quantitative estimate of drug-likeness (QED) is 0.779. The van der Waals surface area contributed by atoms with Crippen LogP contribution in [-0.4, -0.2) is 16.6 Å². The molecule has 4 nitrogen and oxygen atoms in total. The van der Waals surface area contributed by atoms with Crippen LogP contribution in [0.2, 0.25) is 0 Å². The highest BCUT2D eigenvalue weighted by Gasteiger charge is 2.13. The molecule has 0 saturated carbocycles. The molecule has 0 aliphatic carbocycles. The van der Waals surface area contributed by atoms with Gasteiger partial charge in [-0.1, -0.05) is 24.3 Å². The van der Waals surface area contributed by atoms with Gasteiger partial charge in [0.1, 0.15) is 11.6 Å². The first-order valence-electron chi connectivity index (χ1n) is 7.08. The topological polar surface area (TPSA) is 49.5 Å². The summed E-state index contributed by atoms with van der Waals surface area (Å²) in [5.41, 5.74) is 0.850. The number of hydrogen-bond acceptors (Lipinski definition) is 4. The van der Waals surface area contributed by atoms with Gasteiger partial charge in [0, 0.05) is 23.7 Å². The van der Waals surface area contributed by atoms with Gasteiger partial charge < -0.3 is 14.4 Å². The number of hydrogen-bond donors (Lipinski definition) is 1. The maximum absolute atomic E-state index is 9.46. The van der Waals surface area contributed by atoms with Crippen LogP contribution >= 0.6 is 0 Å². The summed E-state index contributed by atoms with van der Waals surface area (Å²) >= 11 is 0. The van der Waals surface area contributed by atoms with E-state index in [4.69, 9.17) is 4.42 Å². The standard InChI is InChI=1S/C17H18N2O2/c1-2-19(11-14-6-5-9-21-14)17-16-8-4-3-7-15(16)13(12-20)10-18-17/h3-10,20H,2,11-12H2,1H3. The van der Waals surface area contributed by atoms with Gasteiger partial charge in [-0.3, -0.25) is 0 Å². The van der Waals surface area contributed by atoms with Crippen molar-refractivity contribution in [3.63, 3.8) is 0 Å². The number of nitrogens with zero attached hydrogens (tertiary/aromatic N) is 2. The van der Waals surface area contributed by atoms with Gasteiger partial charge in [0.05, 0.1) is 19.4 Å². The van der Waals surface area contributed by atoms with Gasteiger partial charge in [-0.05, 0) is 24.4 Å². The number of fused-ring (bicyclic) bond motifs is 1. The number of anilines is 1. The Morgan fingerprint density at radius 3 is 2.62 bits per heavy atom. The Balaban J connectivity index is 2.06. The SMILES string of the molecule is CCN(Cc1ccco1)c1ncc(CO)c2ccccc12. The molecule has 0 atom stereocenters. The van der Waals surface area contributed by atoms with Gasteiger partial charge in [0.15, 0.2) is 0 Å². The van der Waals surface area contributed by atoms with Crippen LogP contribution in [0.1, 0.15) is 18.2 Å². The summed E-state index contributed by atoms with van der Waals surface area (Å²) in [6, 6.07) is 11.9. The predicted octanol–water partition coefficient (Wildman–Crippen LogP) is 3.35. The second kappa shape index (κ2) is 5.97. The highest BCUT2D eigenvalue weighted by atomic mass is 16.3. The van der Waals surface area contributed by atoms with Crippen LogP contribution < -0.4 is 4.90 Å². The van der Waals surface area contributed by atoms with Crippen LogP contribution in [0.15, 0.2) is 53.3 Å². The maximum atomic E-state index is 9.46. The Kier molecular flexibility index (Phi) is 3.88. The molecule has 3 aromatic rings. The van der Waals surface area contributed by atoms with E-state index in [9.17, 15) is 5.11 Å². The molecule has 0 radical (unpaired) electrons. The number of pyridine rings is 1. The molecule has 2 aromatic heterocycles. The first kappa shape index (κ1) is 13.6. The molecule has 3 rings (SSSR count). The lowest BCUT2D eigenvalue weighted by Crippen LogP contribution is -2.23. The molecule has 0 aliphatic rings. The lowest BCUT2D eigenvalue weighted by atomic mass is 10.1. The summed E-state index contributed by atoms with van der Waals surface area (Å²) in [4.78, 5) is 6.72. The molecule has 0 aliphatic heterocycles. The molecule has 1 aromatic carbocycles. The van der Waals surface area contributed by atoms with E-state index in [0.717, 1.165) is 34.5 Å². The van der Waals surface area contributed by atoms with Crippen LogP contribution in [0.3, 0.4) is 0 Å². The summed E-state index contributed by atoms with van der Waals surface area (Å²) in [5, 5.41) is 11.6. The Hall–Kier alpha value is -2.33. The molecule has 0 bridgehead atoms. The summed E-state index contributed by atoms with van der Waals surface area (Å²) in [7, 11) is 0. The fourth-order valence-corrected chi connectivity index (χ4v) is 2.54.